The largest absolute Gasteiger partial charge is 0.464 e. The molecule has 1 atom stereocenters. The molecule has 1 fully saturated rings. The summed E-state index contributed by atoms with van der Waals surface area (Å²) in [5.41, 5.74) is 1.82. The number of piperazine rings is 1. The van der Waals surface area contributed by atoms with Crippen LogP contribution in [0.5, 0.6) is 0 Å². The molecule has 0 radical (unpaired) electrons. The SMILES string of the molecule is CCOC(=O)C(C)NC(=O)Nc1ccccc1CCN1CCN(c2nsc3ccccc23)CC1. The molecule has 1 unspecified atom stereocenters. The molecule has 0 aliphatic carbocycles. The summed E-state index contributed by atoms with van der Waals surface area (Å²) in [6.45, 7) is 8.37. The highest BCUT2D eigenvalue weighted by atomic mass is 32.1. The van der Waals surface area contributed by atoms with Gasteiger partial charge in [0.2, 0.25) is 0 Å². The van der Waals surface area contributed by atoms with E-state index < -0.39 is 18.0 Å². The molecule has 0 spiro atoms. The molecule has 4 rings (SSSR count). The monoisotopic (exact) mass is 481 g/mol. The van der Waals surface area contributed by atoms with Gasteiger partial charge in [-0.3, -0.25) is 4.90 Å². The van der Waals surface area contributed by atoms with Crippen molar-refractivity contribution < 1.29 is 14.3 Å². The van der Waals surface area contributed by atoms with Crippen LogP contribution in [0.2, 0.25) is 0 Å². The van der Waals surface area contributed by atoms with Gasteiger partial charge in [0.1, 0.15) is 11.9 Å². The fourth-order valence-electron chi connectivity index (χ4n) is 4.10. The second kappa shape index (κ2) is 11.3. The minimum Gasteiger partial charge on any atom is -0.464 e. The van der Waals surface area contributed by atoms with Gasteiger partial charge in [0.05, 0.1) is 11.3 Å². The standard InChI is InChI=1S/C25H31N5O3S/c1-3-33-24(31)18(2)26-25(32)27-21-10-6-4-8-19(21)12-13-29-14-16-30(17-15-29)23-20-9-5-7-11-22(20)34-28-23/h4-11,18H,3,12-17H2,1-2H3,(H2,26,27,32). The Labute approximate surface area is 204 Å². The van der Waals surface area contributed by atoms with Crippen molar-refractivity contribution in [3.05, 3.63) is 54.1 Å². The zero-order valence-corrected chi connectivity index (χ0v) is 20.4. The number of ether oxygens (including phenoxy) is 1. The Morgan fingerprint density at radius 1 is 1.09 bits per heavy atom. The molecule has 3 aromatic rings. The van der Waals surface area contributed by atoms with E-state index in [2.05, 4.69) is 44.7 Å². The molecule has 0 bridgehead atoms. The van der Waals surface area contributed by atoms with Gasteiger partial charge in [-0.1, -0.05) is 30.3 Å². The average Bonchev–Trinajstić information content (AvgIpc) is 3.28. The van der Waals surface area contributed by atoms with Crippen LogP contribution >= 0.6 is 11.5 Å². The van der Waals surface area contributed by atoms with E-state index in [0.717, 1.165) is 56.2 Å². The molecule has 1 aliphatic rings. The van der Waals surface area contributed by atoms with Gasteiger partial charge in [0.15, 0.2) is 0 Å². The number of urea groups is 1. The third-order valence-electron chi connectivity index (χ3n) is 5.98. The van der Waals surface area contributed by atoms with E-state index in [9.17, 15) is 9.59 Å². The van der Waals surface area contributed by atoms with Crippen molar-refractivity contribution in [3.63, 3.8) is 0 Å². The van der Waals surface area contributed by atoms with E-state index in [0.29, 0.717) is 0 Å². The number of benzene rings is 2. The first kappa shape index (κ1) is 24.0. The number of hydrogen-bond donors (Lipinski definition) is 2. The number of fused-ring (bicyclic) bond motifs is 1. The lowest BCUT2D eigenvalue weighted by molar-refractivity contribution is -0.144. The molecule has 1 aliphatic heterocycles. The Kier molecular flexibility index (Phi) is 7.97. The summed E-state index contributed by atoms with van der Waals surface area (Å²) in [6.07, 6.45) is 0.823. The lowest BCUT2D eigenvalue weighted by Gasteiger charge is -2.35. The average molecular weight is 482 g/mol. The van der Waals surface area contributed by atoms with Crippen molar-refractivity contribution >= 4 is 45.1 Å². The molecule has 0 saturated carbocycles. The Balaban J connectivity index is 1.28. The predicted octanol–water partition coefficient (Wildman–Crippen LogP) is 3.73. The Morgan fingerprint density at radius 2 is 1.82 bits per heavy atom. The van der Waals surface area contributed by atoms with Crippen molar-refractivity contribution in [1.82, 2.24) is 14.6 Å². The summed E-state index contributed by atoms with van der Waals surface area (Å²) in [6, 6.07) is 15.0. The van der Waals surface area contributed by atoms with E-state index in [1.54, 1.807) is 25.4 Å². The first-order valence-electron chi connectivity index (χ1n) is 11.7. The molecule has 2 heterocycles. The molecule has 34 heavy (non-hydrogen) atoms. The summed E-state index contributed by atoms with van der Waals surface area (Å²) in [5.74, 6) is 0.647. The normalized spacial score (nSPS) is 15.2. The van der Waals surface area contributed by atoms with Gasteiger partial charge in [0, 0.05) is 43.8 Å². The zero-order chi connectivity index (χ0) is 23.9. The Morgan fingerprint density at radius 3 is 2.62 bits per heavy atom. The van der Waals surface area contributed by atoms with Gasteiger partial charge in [-0.05, 0) is 55.6 Å². The summed E-state index contributed by atoms with van der Waals surface area (Å²) in [4.78, 5) is 29.0. The number of rotatable bonds is 8. The van der Waals surface area contributed by atoms with Crippen molar-refractivity contribution in [1.29, 1.82) is 0 Å². The highest BCUT2D eigenvalue weighted by Gasteiger charge is 2.21. The molecule has 1 aromatic heterocycles. The molecular weight excluding hydrogens is 450 g/mol. The fourth-order valence-corrected chi connectivity index (χ4v) is 4.90. The Hall–Kier alpha value is -3.17. The zero-order valence-electron chi connectivity index (χ0n) is 19.6. The first-order valence-corrected chi connectivity index (χ1v) is 12.5. The lowest BCUT2D eigenvalue weighted by Crippen LogP contribution is -2.47. The highest BCUT2D eigenvalue weighted by molar-refractivity contribution is 7.13. The summed E-state index contributed by atoms with van der Waals surface area (Å²) in [7, 11) is 0. The van der Waals surface area contributed by atoms with E-state index in [1.165, 1.54) is 10.1 Å². The van der Waals surface area contributed by atoms with Crippen molar-refractivity contribution in [2.24, 2.45) is 0 Å². The number of amides is 2. The number of esters is 1. The number of hydrogen-bond acceptors (Lipinski definition) is 7. The van der Waals surface area contributed by atoms with Gasteiger partial charge in [0.25, 0.3) is 0 Å². The molecular formula is C25H31N5O3S. The van der Waals surface area contributed by atoms with Crippen LogP contribution in [0.4, 0.5) is 16.3 Å². The van der Waals surface area contributed by atoms with Crippen LogP contribution in [0.15, 0.2) is 48.5 Å². The van der Waals surface area contributed by atoms with Crippen LogP contribution in [0.1, 0.15) is 19.4 Å². The van der Waals surface area contributed by atoms with Crippen molar-refractivity contribution in [2.45, 2.75) is 26.3 Å². The Bertz CT molecular complexity index is 1130. The lowest BCUT2D eigenvalue weighted by atomic mass is 10.1. The van der Waals surface area contributed by atoms with Gasteiger partial charge in [-0.2, -0.15) is 4.37 Å². The van der Waals surface area contributed by atoms with Crippen LogP contribution in [-0.4, -0.2) is 66.6 Å². The van der Waals surface area contributed by atoms with Crippen LogP contribution in [0.3, 0.4) is 0 Å². The number of carbonyl (C=O) groups is 2. The van der Waals surface area contributed by atoms with Crippen LogP contribution in [0, 0.1) is 0 Å². The topological polar surface area (TPSA) is 86.8 Å². The van der Waals surface area contributed by atoms with Gasteiger partial charge in [-0.15, -0.1) is 0 Å². The molecule has 9 heteroatoms. The second-order valence-electron chi connectivity index (χ2n) is 8.31. The summed E-state index contributed by atoms with van der Waals surface area (Å²) < 4.78 is 10.9. The van der Waals surface area contributed by atoms with Crippen LogP contribution < -0.4 is 15.5 Å². The molecule has 180 valence electrons. The predicted molar refractivity (Wildman–Crippen MR) is 137 cm³/mol. The molecule has 2 amide bonds. The quantitative estimate of drug-likeness (QED) is 0.477. The maximum atomic E-state index is 12.4. The summed E-state index contributed by atoms with van der Waals surface area (Å²) >= 11 is 1.56. The van der Waals surface area contributed by atoms with E-state index in [1.807, 2.05) is 24.3 Å². The van der Waals surface area contributed by atoms with Gasteiger partial charge >= 0.3 is 12.0 Å². The fraction of sp³-hybridized carbons (Fsp3) is 0.400. The van der Waals surface area contributed by atoms with Crippen LogP contribution in [-0.2, 0) is 16.0 Å². The van der Waals surface area contributed by atoms with E-state index in [4.69, 9.17) is 9.11 Å². The smallest absolute Gasteiger partial charge is 0.328 e. The van der Waals surface area contributed by atoms with Gasteiger partial charge in [-0.25, -0.2) is 9.59 Å². The third kappa shape index (κ3) is 5.84. The summed E-state index contributed by atoms with van der Waals surface area (Å²) in [5, 5.41) is 6.74. The van der Waals surface area contributed by atoms with Crippen molar-refractivity contribution in [2.75, 3.05) is 49.5 Å². The van der Waals surface area contributed by atoms with Crippen molar-refractivity contribution in [3.8, 4) is 0 Å². The number of nitrogens with zero attached hydrogens (tertiary/aromatic N) is 3. The second-order valence-corrected chi connectivity index (χ2v) is 9.12. The third-order valence-corrected chi connectivity index (χ3v) is 6.80. The van der Waals surface area contributed by atoms with Crippen LogP contribution in [0.25, 0.3) is 10.1 Å². The maximum Gasteiger partial charge on any atom is 0.328 e. The van der Waals surface area contributed by atoms with Gasteiger partial charge < -0.3 is 20.3 Å². The number of carbonyl (C=O) groups excluding carboxylic acids is 2. The maximum absolute atomic E-state index is 12.4. The molecule has 2 N–H and O–H groups in total. The molecule has 2 aromatic carbocycles. The van der Waals surface area contributed by atoms with E-state index >= 15 is 0 Å². The number of aromatic nitrogens is 1. The molecule has 1 saturated heterocycles. The number of anilines is 2. The minimum absolute atomic E-state index is 0.282. The minimum atomic E-state index is -0.710. The van der Waals surface area contributed by atoms with E-state index in [-0.39, 0.29) is 6.61 Å². The number of nitrogens with one attached hydrogen (secondary N) is 2. The first-order chi connectivity index (χ1) is 16.5. The molecule has 8 nitrogen and oxygen atoms in total. The highest BCUT2D eigenvalue weighted by Crippen LogP contribution is 2.29. The number of para-hydroxylation sites is 1.